The number of halogens is 1. The molecule has 0 saturated heterocycles. The van der Waals surface area contributed by atoms with Crippen molar-refractivity contribution < 1.29 is 14.0 Å². The third-order valence-corrected chi connectivity index (χ3v) is 5.76. The number of amides is 1. The standard InChI is InChI=1S/C28H22FN3O2/c1-18-24(16-22(17-30)28(34)31-19(2)20-8-4-3-5-9-20)25-10-6-7-15-32(25)26(18)27(33)21-11-13-23(29)14-12-21/h3-16,19H,1-2H3,(H,31,34)/b22-16+/t19-/m1/s1. The minimum Gasteiger partial charge on any atom is -0.345 e. The van der Waals surface area contributed by atoms with Crippen molar-refractivity contribution in [2.24, 2.45) is 0 Å². The number of hydrogen-bond acceptors (Lipinski definition) is 3. The van der Waals surface area contributed by atoms with Crippen LogP contribution in [0.3, 0.4) is 0 Å². The molecular weight excluding hydrogens is 429 g/mol. The average Bonchev–Trinajstić information content (AvgIpc) is 3.13. The van der Waals surface area contributed by atoms with Gasteiger partial charge in [0.25, 0.3) is 5.91 Å². The van der Waals surface area contributed by atoms with Gasteiger partial charge in [0.05, 0.1) is 17.3 Å². The monoisotopic (exact) mass is 451 g/mol. The number of rotatable bonds is 6. The van der Waals surface area contributed by atoms with Crippen LogP contribution in [0.15, 0.2) is 84.6 Å². The molecule has 1 atom stereocenters. The Labute approximate surface area is 196 Å². The van der Waals surface area contributed by atoms with E-state index >= 15 is 0 Å². The van der Waals surface area contributed by atoms with Crippen molar-refractivity contribution in [3.05, 3.63) is 118 Å². The molecule has 0 bridgehead atoms. The van der Waals surface area contributed by atoms with Gasteiger partial charge in [-0.05, 0) is 67.4 Å². The molecule has 1 N–H and O–H groups in total. The topological polar surface area (TPSA) is 74.4 Å². The number of nitriles is 1. The summed E-state index contributed by atoms with van der Waals surface area (Å²) < 4.78 is 15.1. The molecule has 0 unspecified atom stereocenters. The fraction of sp³-hybridized carbons (Fsp3) is 0.107. The minimum atomic E-state index is -0.500. The zero-order valence-corrected chi connectivity index (χ0v) is 18.7. The van der Waals surface area contributed by atoms with Crippen LogP contribution in [0.25, 0.3) is 11.6 Å². The molecule has 2 aromatic heterocycles. The first-order valence-corrected chi connectivity index (χ1v) is 10.8. The second-order valence-electron chi connectivity index (χ2n) is 7.95. The molecule has 2 aromatic carbocycles. The van der Waals surface area contributed by atoms with Crippen LogP contribution in [0.1, 0.15) is 45.7 Å². The number of hydrogen-bond donors (Lipinski definition) is 1. The number of fused-ring (bicyclic) bond motifs is 1. The van der Waals surface area contributed by atoms with E-state index in [-0.39, 0.29) is 17.4 Å². The molecule has 0 aliphatic heterocycles. The lowest BCUT2D eigenvalue weighted by atomic mass is 10.0. The molecular formula is C28H22FN3O2. The molecule has 1 amide bonds. The van der Waals surface area contributed by atoms with Crippen LogP contribution < -0.4 is 5.32 Å². The Kier molecular flexibility index (Phi) is 6.37. The molecule has 34 heavy (non-hydrogen) atoms. The van der Waals surface area contributed by atoms with E-state index in [0.717, 1.165) is 5.56 Å². The summed E-state index contributed by atoms with van der Waals surface area (Å²) in [6.07, 6.45) is 3.26. The number of carbonyl (C=O) groups is 2. The summed E-state index contributed by atoms with van der Waals surface area (Å²) >= 11 is 0. The van der Waals surface area contributed by atoms with Crippen LogP contribution in [-0.2, 0) is 4.79 Å². The van der Waals surface area contributed by atoms with Crippen molar-refractivity contribution >= 4 is 23.3 Å². The van der Waals surface area contributed by atoms with Gasteiger partial charge in [-0.3, -0.25) is 9.59 Å². The van der Waals surface area contributed by atoms with E-state index in [4.69, 9.17) is 0 Å². The highest BCUT2D eigenvalue weighted by molar-refractivity contribution is 6.11. The summed E-state index contributed by atoms with van der Waals surface area (Å²) in [5, 5.41) is 12.6. The van der Waals surface area contributed by atoms with E-state index < -0.39 is 11.7 Å². The second kappa shape index (κ2) is 9.55. The Morgan fingerprint density at radius 2 is 1.71 bits per heavy atom. The average molecular weight is 452 g/mol. The first-order chi connectivity index (χ1) is 16.4. The summed E-state index contributed by atoms with van der Waals surface area (Å²) in [6.45, 7) is 3.62. The van der Waals surface area contributed by atoms with Gasteiger partial charge in [-0.1, -0.05) is 36.4 Å². The maximum Gasteiger partial charge on any atom is 0.262 e. The van der Waals surface area contributed by atoms with E-state index in [1.165, 1.54) is 30.3 Å². The SMILES string of the molecule is Cc1c(/C=C(\C#N)C(=O)N[C@H](C)c2ccccc2)c2ccccn2c1C(=O)c1ccc(F)cc1. The quantitative estimate of drug-likeness (QED) is 0.242. The van der Waals surface area contributed by atoms with Crippen molar-refractivity contribution in [2.45, 2.75) is 19.9 Å². The molecule has 0 saturated carbocycles. The van der Waals surface area contributed by atoms with Gasteiger partial charge in [0.2, 0.25) is 5.78 Å². The van der Waals surface area contributed by atoms with Crippen molar-refractivity contribution in [2.75, 3.05) is 0 Å². The first-order valence-electron chi connectivity index (χ1n) is 10.8. The molecule has 0 radical (unpaired) electrons. The van der Waals surface area contributed by atoms with Gasteiger partial charge in [-0.15, -0.1) is 0 Å². The normalized spacial score (nSPS) is 12.2. The Hall–Kier alpha value is -4.50. The first kappa shape index (κ1) is 22.7. The van der Waals surface area contributed by atoms with Crippen molar-refractivity contribution in [1.29, 1.82) is 5.26 Å². The van der Waals surface area contributed by atoms with Gasteiger partial charge in [-0.25, -0.2) is 4.39 Å². The summed E-state index contributed by atoms with van der Waals surface area (Å²) in [4.78, 5) is 26.2. The van der Waals surface area contributed by atoms with Crippen LogP contribution in [0, 0.1) is 24.1 Å². The number of benzene rings is 2. The smallest absolute Gasteiger partial charge is 0.262 e. The third-order valence-electron chi connectivity index (χ3n) is 5.76. The maximum absolute atomic E-state index is 13.4. The minimum absolute atomic E-state index is 0.0667. The summed E-state index contributed by atoms with van der Waals surface area (Å²) in [5.74, 6) is -1.20. The zero-order valence-electron chi connectivity index (χ0n) is 18.7. The predicted molar refractivity (Wildman–Crippen MR) is 129 cm³/mol. The van der Waals surface area contributed by atoms with E-state index in [0.29, 0.717) is 27.9 Å². The molecule has 4 rings (SSSR count). The summed E-state index contributed by atoms with van der Waals surface area (Å²) in [7, 11) is 0. The summed E-state index contributed by atoms with van der Waals surface area (Å²) in [5.41, 5.74) is 3.50. The molecule has 6 heteroatoms. The molecule has 2 heterocycles. The van der Waals surface area contributed by atoms with Crippen LogP contribution in [0.4, 0.5) is 4.39 Å². The Balaban J connectivity index is 1.74. The van der Waals surface area contributed by atoms with Crippen LogP contribution in [0.5, 0.6) is 0 Å². The lowest BCUT2D eigenvalue weighted by Gasteiger charge is -2.13. The van der Waals surface area contributed by atoms with Crippen molar-refractivity contribution in [3.63, 3.8) is 0 Å². The van der Waals surface area contributed by atoms with Crippen LogP contribution >= 0.6 is 0 Å². The highest BCUT2D eigenvalue weighted by Crippen LogP contribution is 2.28. The van der Waals surface area contributed by atoms with Gasteiger partial charge in [0, 0.05) is 17.3 Å². The van der Waals surface area contributed by atoms with E-state index in [9.17, 15) is 19.2 Å². The lowest BCUT2D eigenvalue weighted by molar-refractivity contribution is -0.117. The molecule has 168 valence electrons. The Morgan fingerprint density at radius 3 is 2.38 bits per heavy atom. The van der Waals surface area contributed by atoms with Gasteiger partial charge in [0.1, 0.15) is 17.5 Å². The lowest BCUT2D eigenvalue weighted by Crippen LogP contribution is -2.27. The number of nitrogens with zero attached hydrogens (tertiary/aromatic N) is 2. The fourth-order valence-corrected chi connectivity index (χ4v) is 3.95. The number of aromatic nitrogens is 1. The van der Waals surface area contributed by atoms with Crippen LogP contribution in [0.2, 0.25) is 0 Å². The molecule has 0 aliphatic rings. The van der Waals surface area contributed by atoms with E-state index in [1.807, 2.05) is 55.5 Å². The second-order valence-corrected chi connectivity index (χ2v) is 7.95. The molecule has 4 aromatic rings. The Morgan fingerprint density at radius 1 is 1.03 bits per heavy atom. The van der Waals surface area contributed by atoms with E-state index in [2.05, 4.69) is 5.32 Å². The van der Waals surface area contributed by atoms with Crippen LogP contribution in [-0.4, -0.2) is 16.1 Å². The van der Waals surface area contributed by atoms with Gasteiger partial charge >= 0.3 is 0 Å². The van der Waals surface area contributed by atoms with Gasteiger partial charge in [-0.2, -0.15) is 5.26 Å². The third kappa shape index (κ3) is 4.37. The largest absolute Gasteiger partial charge is 0.345 e. The predicted octanol–water partition coefficient (Wildman–Crippen LogP) is 5.40. The highest BCUT2D eigenvalue weighted by Gasteiger charge is 2.22. The van der Waals surface area contributed by atoms with Gasteiger partial charge < -0.3 is 9.72 Å². The maximum atomic E-state index is 13.4. The molecule has 0 spiro atoms. The number of pyridine rings is 1. The number of ketones is 1. The molecule has 5 nitrogen and oxygen atoms in total. The number of carbonyl (C=O) groups excluding carboxylic acids is 2. The van der Waals surface area contributed by atoms with Gasteiger partial charge in [0.15, 0.2) is 0 Å². The molecule has 0 fully saturated rings. The fourth-order valence-electron chi connectivity index (χ4n) is 3.95. The molecule has 0 aliphatic carbocycles. The van der Waals surface area contributed by atoms with Crippen molar-refractivity contribution in [3.8, 4) is 6.07 Å². The number of nitrogens with one attached hydrogen (secondary N) is 1. The Bertz CT molecular complexity index is 1450. The van der Waals surface area contributed by atoms with E-state index in [1.54, 1.807) is 23.6 Å². The summed E-state index contributed by atoms with van der Waals surface area (Å²) in [6, 6.07) is 22.0. The zero-order chi connectivity index (χ0) is 24.2. The highest BCUT2D eigenvalue weighted by atomic mass is 19.1. The van der Waals surface area contributed by atoms with Crippen molar-refractivity contribution in [1.82, 2.24) is 9.72 Å².